The third kappa shape index (κ3) is 8.76. The van der Waals surface area contributed by atoms with Gasteiger partial charge in [0.1, 0.15) is 5.82 Å². The van der Waals surface area contributed by atoms with Gasteiger partial charge in [-0.1, -0.05) is 110 Å². The second-order valence-electron chi connectivity index (χ2n) is 19.5. The van der Waals surface area contributed by atoms with E-state index in [9.17, 15) is 13.2 Å². The Kier molecular flexibility index (Phi) is 11.7. The Balaban J connectivity index is 0.00000560. The van der Waals surface area contributed by atoms with Crippen LogP contribution in [0, 0.1) is 18.8 Å². The molecule has 0 saturated heterocycles. The van der Waals surface area contributed by atoms with Gasteiger partial charge in [-0.05, 0) is 104 Å². The second-order valence-corrected chi connectivity index (χ2v) is 20.6. The molecular formula is C55H50F3N4PtS-3. The van der Waals surface area contributed by atoms with E-state index in [-0.39, 0.29) is 37.3 Å². The van der Waals surface area contributed by atoms with E-state index in [4.69, 9.17) is 4.98 Å². The Labute approximate surface area is 393 Å². The quantitative estimate of drug-likeness (QED) is 0.155. The predicted molar refractivity (Wildman–Crippen MR) is 255 cm³/mol. The fraction of sp³-hybridized carbons (Fsp3) is 0.236. The first-order valence-electron chi connectivity index (χ1n) is 21.3. The number of hydrogen-bond donors (Lipinski definition) is 0. The van der Waals surface area contributed by atoms with Gasteiger partial charge < -0.3 is 14.4 Å². The zero-order valence-corrected chi connectivity index (χ0v) is 40.5. The molecule has 1 aliphatic heterocycles. The maximum atomic E-state index is 13.8. The van der Waals surface area contributed by atoms with Crippen molar-refractivity contribution in [2.24, 2.45) is 0 Å². The number of para-hydroxylation sites is 2. The number of nitrogens with zero attached hydrogens (tertiary/aromatic N) is 4. The summed E-state index contributed by atoms with van der Waals surface area (Å²) < 4.78 is 43.4. The zero-order valence-electron chi connectivity index (χ0n) is 37.4. The van der Waals surface area contributed by atoms with Gasteiger partial charge in [0.2, 0.25) is 0 Å². The molecule has 2 aromatic heterocycles. The zero-order chi connectivity index (χ0) is 44.6. The Morgan fingerprint density at radius 1 is 0.547 bits per heavy atom. The SMILES string of the molecule is CC(C)(C)c1cc(N2[CH-]N(c3[c-]c(Sc4[c-]c5c(cc4)c4cc(-c6cccc(C(F)(F)F)c6)ccc4n5-c4cc(C(C)(C)C)ccn4)ccc3)c3ccccc32)cc(C(C)(C)C)c1.[Pt]. The van der Waals surface area contributed by atoms with Crippen molar-refractivity contribution in [1.82, 2.24) is 9.55 Å². The summed E-state index contributed by atoms with van der Waals surface area (Å²) in [6.45, 7) is 22.3. The molecule has 6 aromatic carbocycles. The van der Waals surface area contributed by atoms with E-state index in [0.717, 1.165) is 71.8 Å². The molecule has 4 nitrogen and oxygen atoms in total. The number of aromatic nitrogens is 2. The van der Waals surface area contributed by atoms with Gasteiger partial charge in [0.05, 0.1) is 5.56 Å². The van der Waals surface area contributed by atoms with E-state index in [0.29, 0.717) is 11.1 Å². The van der Waals surface area contributed by atoms with Crippen LogP contribution < -0.4 is 9.80 Å². The third-order valence-electron chi connectivity index (χ3n) is 11.8. The summed E-state index contributed by atoms with van der Waals surface area (Å²) in [5, 5.41) is 1.83. The topological polar surface area (TPSA) is 24.3 Å². The number of pyridine rings is 1. The molecule has 0 bridgehead atoms. The van der Waals surface area contributed by atoms with Crippen molar-refractivity contribution in [3.05, 3.63) is 175 Å². The standard InChI is InChI=1S/C55H50F3N4S.Pt/c1-52(2,3)37-24-25-59-51(31-37)62-47-23-20-36(35-14-12-15-38(26-35)55(56,57)58)27-46(47)45-22-21-44(33-50(45)62)63-43-17-13-16-41(32-43)60-34-61(49-19-11-10-18-48(49)60)42-29-39(53(4,5)6)28-40(30-42)54(7,8)9;/h10-31,34H,1-9H3;/q-3;. The van der Waals surface area contributed by atoms with E-state index in [2.05, 4.69) is 174 Å². The normalized spacial score (nSPS) is 13.4. The number of anilines is 4. The minimum absolute atomic E-state index is 0. The summed E-state index contributed by atoms with van der Waals surface area (Å²) in [5.41, 5.74) is 10.0. The Hall–Kier alpha value is -5.30. The first kappa shape index (κ1) is 45.3. The molecule has 0 N–H and O–H groups in total. The van der Waals surface area contributed by atoms with Crippen LogP contribution in [0.15, 0.2) is 143 Å². The van der Waals surface area contributed by atoms with Crippen molar-refractivity contribution in [1.29, 1.82) is 0 Å². The molecule has 64 heavy (non-hydrogen) atoms. The van der Waals surface area contributed by atoms with Crippen LogP contribution in [0.25, 0.3) is 38.8 Å². The summed E-state index contributed by atoms with van der Waals surface area (Å²) in [5.74, 6) is 0.747. The van der Waals surface area contributed by atoms with Crippen LogP contribution in [0.1, 0.15) is 84.6 Å². The summed E-state index contributed by atoms with van der Waals surface area (Å²) >= 11 is 1.58. The molecule has 0 atom stereocenters. The Morgan fingerprint density at radius 3 is 1.86 bits per heavy atom. The molecule has 0 amide bonds. The second kappa shape index (κ2) is 16.6. The molecule has 3 heterocycles. The molecule has 0 aliphatic carbocycles. The molecule has 9 heteroatoms. The van der Waals surface area contributed by atoms with Gasteiger partial charge in [0.25, 0.3) is 0 Å². The maximum Gasteiger partial charge on any atom is 0.416 e. The third-order valence-corrected chi connectivity index (χ3v) is 12.7. The summed E-state index contributed by atoms with van der Waals surface area (Å²) in [6, 6.07) is 48.8. The van der Waals surface area contributed by atoms with Gasteiger partial charge >= 0.3 is 6.18 Å². The largest absolute Gasteiger partial charge is 0.493 e. The first-order valence-corrected chi connectivity index (χ1v) is 22.1. The molecule has 330 valence electrons. The van der Waals surface area contributed by atoms with Crippen molar-refractivity contribution < 1.29 is 34.2 Å². The van der Waals surface area contributed by atoms with E-state index in [1.165, 1.54) is 23.3 Å². The van der Waals surface area contributed by atoms with Gasteiger partial charge in [-0.25, -0.2) is 4.98 Å². The Morgan fingerprint density at radius 2 is 1.19 bits per heavy atom. The van der Waals surface area contributed by atoms with Crippen LogP contribution in [-0.2, 0) is 43.5 Å². The van der Waals surface area contributed by atoms with Gasteiger partial charge in [-0.3, -0.25) is 0 Å². The van der Waals surface area contributed by atoms with Crippen molar-refractivity contribution >= 4 is 56.3 Å². The van der Waals surface area contributed by atoms with Gasteiger partial charge in [-0.15, -0.1) is 57.5 Å². The van der Waals surface area contributed by atoms with Crippen LogP contribution in [0.4, 0.5) is 35.9 Å². The monoisotopic (exact) mass is 1050 g/mol. The van der Waals surface area contributed by atoms with Crippen LogP contribution in [0.5, 0.6) is 0 Å². The van der Waals surface area contributed by atoms with Crippen LogP contribution in [0.3, 0.4) is 0 Å². The minimum atomic E-state index is -4.44. The van der Waals surface area contributed by atoms with E-state index in [1.54, 1.807) is 17.8 Å². The molecule has 0 spiro atoms. The van der Waals surface area contributed by atoms with Crippen molar-refractivity contribution in [2.75, 3.05) is 9.80 Å². The molecule has 0 unspecified atom stereocenters. The molecule has 0 saturated carbocycles. The molecule has 9 rings (SSSR count). The van der Waals surface area contributed by atoms with E-state index < -0.39 is 11.7 Å². The Bertz CT molecular complexity index is 3010. The van der Waals surface area contributed by atoms with Gasteiger partial charge in [0.15, 0.2) is 0 Å². The van der Waals surface area contributed by atoms with Crippen LogP contribution in [0.2, 0.25) is 0 Å². The number of rotatable bonds is 6. The average molecular weight is 1050 g/mol. The van der Waals surface area contributed by atoms with Crippen molar-refractivity contribution in [3.63, 3.8) is 0 Å². The molecule has 8 aromatic rings. The maximum absolute atomic E-state index is 13.8. The summed E-state index contributed by atoms with van der Waals surface area (Å²) in [6.07, 6.45) is -2.60. The summed E-state index contributed by atoms with van der Waals surface area (Å²) in [4.78, 5) is 11.2. The molecule has 1 aliphatic rings. The molecular weight excluding hydrogens is 1000 g/mol. The smallest absolute Gasteiger partial charge is 0.416 e. The number of hydrogen-bond acceptors (Lipinski definition) is 4. The van der Waals surface area contributed by atoms with Gasteiger partial charge in [-0.2, -0.15) is 37.4 Å². The van der Waals surface area contributed by atoms with Gasteiger partial charge in [0, 0.05) is 49.8 Å². The van der Waals surface area contributed by atoms with Crippen molar-refractivity contribution in [3.8, 4) is 16.9 Å². The minimum Gasteiger partial charge on any atom is -0.493 e. The fourth-order valence-electron chi connectivity index (χ4n) is 8.16. The first-order chi connectivity index (χ1) is 29.7. The molecule has 0 radical (unpaired) electrons. The van der Waals surface area contributed by atoms with E-state index in [1.807, 2.05) is 30.5 Å². The number of benzene rings is 6. The number of fused-ring (bicyclic) bond motifs is 4. The number of halogens is 3. The van der Waals surface area contributed by atoms with E-state index >= 15 is 0 Å². The average Bonchev–Trinajstić information content (AvgIpc) is 3.78. The van der Waals surface area contributed by atoms with Crippen molar-refractivity contribution in [2.45, 2.75) is 94.5 Å². The molecule has 0 fully saturated rings. The van der Waals surface area contributed by atoms with Crippen LogP contribution >= 0.6 is 11.8 Å². The van der Waals surface area contributed by atoms with Crippen LogP contribution in [-0.4, -0.2) is 9.55 Å². The fourth-order valence-corrected chi connectivity index (χ4v) is 8.99. The predicted octanol–water partition coefficient (Wildman–Crippen LogP) is 15.9. The number of alkyl halides is 3. The summed E-state index contributed by atoms with van der Waals surface area (Å²) in [7, 11) is 0.